The van der Waals surface area contributed by atoms with Crippen LogP contribution in [0.3, 0.4) is 0 Å². The second kappa shape index (κ2) is 7.36. The van der Waals surface area contributed by atoms with Crippen molar-refractivity contribution in [2.24, 2.45) is 0 Å². The Kier molecular flexibility index (Phi) is 5.26. The van der Waals surface area contributed by atoms with Crippen LogP contribution < -0.4 is 5.32 Å². The summed E-state index contributed by atoms with van der Waals surface area (Å²) in [7, 11) is -3.43. The Bertz CT molecular complexity index is 1140. The molecule has 28 heavy (non-hydrogen) atoms. The van der Waals surface area contributed by atoms with E-state index in [1.807, 2.05) is 0 Å². The minimum atomic E-state index is -4.47. The molecular formula is C18H13F3N2O3S2. The molecule has 0 atom stereocenters. The van der Waals surface area contributed by atoms with Gasteiger partial charge in [0.15, 0.2) is 9.84 Å². The molecule has 1 N–H and O–H groups in total. The second-order valence-corrected chi connectivity index (χ2v) is 8.74. The molecule has 0 unspecified atom stereocenters. The number of thiazole rings is 1. The van der Waals surface area contributed by atoms with E-state index in [4.69, 9.17) is 0 Å². The zero-order valence-electron chi connectivity index (χ0n) is 14.3. The van der Waals surface area contributed by atoms with Gasteiger partial charge in [-0.2, -0.15) is 13.2 Å². The van der Waals surface area contributed by atoms with Gasteiger partial charge in [0.2, 0.25) is 0 Å². The molecule has 1 amide bonds. The molecule has 1 aromatic heterocycles. The Morgan fingerprint density at radius 3 is 2.50 bits per heavy atom. The molecule has 10 heteroatoms. The van der Waals surface area contributed by atoms with Gasteiger partial charge in [0.05, 0.1) is 10.5 Å². The highest BCUT2D eigenvalue weighted by Crippen LogP contribution is 2.33. The molecule has 1 heterocycles. The molecule has 0 aliphatic carbocycles. The van der Waals surface area contributed by atoms with Gasteiger partial charge in [-0.3, -0.25) is 4.79 Å². The predicted octanol–water partition coefficient (Wildman–Crippen LogP) is 4.48. The van der Waals surface area contributed by atoms with Crippen LogP contribution in [-0.2, 0) is 16.0 Å². The fourth-order valence-electron chi connectivity index (χ4n) is 2.34. The molecular weight excluding hydrogens is 413 g/mol. The van der Waals surface area contributed by atoms with Crippen molar-refractivity contribution in [2.75, 3.05) is 11.6 Å². The fraction of sp³-hybridized carbons (Fsp3) is 0.111. The molecule has 5 nitrogen and oxygen atoms in total. The van der Waals surface area contributed by atoms with E-state index in [1.165, 1.54) is 41.8 Å². The SMILES string of the molecule is CS(=O)(=O)c1cccc(NC(=O)c2csc(-c3cccc(C(F)(F)F)c3)n2)c1. The van der Waals surface area contributed by atoms with Gasteiger partial charge in [0, 0.05) is 22.9 Å². The van der Waals surface area contributed by atoms with Crippen LogP contribution in [0, 0.1) is 0 Å². The third-order valence-corrected chi connectivity index (χ3v) is 5.70. The van der Waals surface area contributed by atoms with E-state index in [2.05, 4.69) is 10.3 Å². The number of alkyl halides is 3. The molecule has 3 rings (SSSR count). The largest absolute Gasteiger partial charge is 0.416 e. The lowest BCUT2D eigenvalue weighted by atomic mass is 10.1. The van der Waals surface area contributed by atoms with E-state index >= 15 is 0 Å². The number of benzene rings is 2. The van der Waals surface area contributed by atoms with Crippen molar-refractivity contribution >= 4 is 32.8 Å². The quantitative estimate of drug-likeness (QED) is 0.667. The summed E-state index contributed by atoms with van der Waals surface area (Å²) in [5.74, 6) is -0.597. The Morgan fingerprint density at radius 2 is 1.82 bits per heavy atom. The minimum absolute atomic E-state index is 0.0159. The average molecular weight is 426 g/mol. The van der Waals surface area contributed by atoms with Gasteiger partial charge < -0.3 is 5.32 Å². The molecule has 146 valence electrons. The van der Waals surface area contributed by atoms with E-state index in [0.717, 1.165) is 29.7 Å². The summed E-state index contributed by atoms with van der Waals surface area (Å²) in [4.78, 5) is 16.5. The van der Waals surface area contributed by atoms with Crippen molar-refractivity contribution < 1.29 is 26.4 Å². The molecule has 0 saturated carbocycles. The standard InChI is InChI=1S/C18H13F3N2O3S2/c1-28(25,26)14-7-3-6-13(9-14)22-16(24)15-10-27-17(23-15)11-4-2-5-12(8-11)18(19,20)21/h2-10H,1H3,(H,22,24). The Morgan fingerprint density at radius 1 is 1.11 bits per heavy atom. The van der Waals surface area contributed by atoms with Crippen molar-refractivity contribution in [2.45, 2.75) is 11.1 Å². The Balaban J connectivity index is 1.82. The first kappa shape index (κ1) is 20.0. The summed E-state index contributed by atoms with van der Waals surface area (Å²) in [5.41, 5.74) is -0.273. The number of carbonyl (C=O) groups is 1. The molecule has 0 spiro atoms. The number of hydrogen-bond acceptors (Lipinski definition) is 5. The number of amides is 1. The molecule has 0 aliphatic rings. The molecule has 0 aliphatic heterocycles. The lowest BCUT2D eigenvalue weighted by Gasteiger charge is -2.07. The normalized spacial score (nSPS) is 12.0. The number of carbonyl (C=O) groups excluding carboxylic acids is 1. The first-order chi connectivity index (χ1) is 13.0. The first-order valence-corrected chi connectivity index (χ1v) is 10.6. The van der Waals surface area contributed by atoms with E-state index in [0.29, 0.717) is 0 Å². The monoisotopic (exact) mass is 426 g/mol. The highest BCUT2D eigenvalue weighted by Gasteiger charge is 2.30. The maximum absolute atomic E-state index is 12.9. The van der Waals surface area contributed by atoms with E-state index in [1.54, 1.807) is 0 Å². The van der Waals surface area contributed by atoms with Crippen LogP contribution in [0.15, 0.2) is 58.8 Å². The molecule has 3 aromatic rings. The van der Waals surface area contributed by atoms with Gasteiger partial charge in [-0.1, -0.05) is 18.2 Å². The number of nitrogens with one attached hydrogen (secondary N) is 1. The highest BCUT2D eigenvalue weighted by atomic mass is 32.2. The summed E-state index contributed by atoms with van der Waals surface area (Å²) in [6.07, 6.45) is -3.42. The summed E-state index contributed by atoms with van der Waals surface area (Å²) in [5, 5.41) is 4.22. The topological polar surface area (TPSA) is 76.1 Å². The van der Waals surface area contributed by atoms with Crippen LogP contribution in [0.25, 0.3) is 10.6 Å². The molecule has 0 saturated heterocycles. The third-order valence-electron chi connectivity index (χ3n) is 3.69. The fourth-order valence-corrected chi connectivity index (χ4v) is 3.80. The third kappa shape index (κ3) is 4.57. The van der Waals surface area contributed by atoms with Crippen LogP contribution in [0.1, 0.15) is 16.1 Å². The lowest BCUT2D eigenvalue weighted by Crippen LogP contribution is -2.12. The van der Waals surface area contributed by atoms with Gasteiger partial charge in [0.1, 0.15) is 10.7 Å². The maximum Gasteiger partial charge on any atom is 0.416 e. The number of hydrogen-bond donors (Lipinski definition) is 1. The zero-order valence-corrected chi connectivity index (χ0v) is 16.0. The summed E-state index contributed by atoms with van der Waals surface area (Å²) in [6.45, 7) is 0. The smallest absolute Gasteiger partial charge is 0.321 e. The highest BCUT2D eigenvalue weighted by molar-refractivity contribution is 7.90. The molecule has 0 fully saturated rings. The number of rotatable bonds is 4. The van der Waals surface area contributed by atoms with Crippen molar-refractivity contribution in [1.82, 2.24) is 4.98 Å². The van der Waals surface area contributed by atoms with Crippen molar-refractivity contribution in [1.29, 1.82) is 0 Å². The van der Waals surface area contributed by atoms with Crippen LogP contribution in [0.2, 0.25) is 0 Å². The Labute approximate surface area is 162 Å². The Hall–Kier alpha value is -2.72. The van der Waals surface area contributed by atoms with Crippen molar-refractivity contribution in [3.63, 3.8) is 0 Å². The van der Waals surface area contributed by atoms with Gasteiger partial charge in [-0.25, -0.2) is 13.4 Å². The number of sulfone groups is 1. The number of aromatic nitrogens is 1. The van der Waals surface area contributed by atoms with Crippen molar-refractivity contribution in [3.05, 3.63) is 65.2 Å². The summed E-state index contributed by atoms with van der Waals surface area (Å²) < 4.78 is 61.7. The number of nitrogens with zero attached hydrogens (tertiary/aromatic N) is 1. The van der Waals surface area contributed by atoms with Gasteiger partial charge >= 0.3 is 6.18 Å². The van der Waals surface area contributed by atoms with Crippen molar-refractivity contribution in [3.8, 4) is 10.6 Å². The summed E-state index contributed by atoms with van der Waals surface area (Å²) >= 11 is 1.03. The van der Waals surface area contributed by atoms with Crippen LogP contribution >= 0.6 is 11.3 Å². The maximum atomic E-state index is 12.9. The van der Waals surface area contributed by atoms with Gasteiger partial charge in [-0.05, 0) is 30.3 Å². The van der Waals surface area contributed by atoms with Crippen LogP contribution in [0.5, 0.6) is 0 Å². The number of anilines is 1. The van der Waals surface area contributed by atoms with Gasteiger partial charge in [-0.15, -0.1) is 11.3 Å². The van der Waals surface area contributed by atoms with Gasteiger partial charge in [0.25, 0.3) is 5.91 Å². The number of halogens is 3. The molecule has 2 aromatic carbocycles. The minimum Gasteiger partial charge on any atom is -0.321 e. The molecule has 0 radical (unpaired) electrons. The van der Waals surface area contributed by atoms with E-state index in [-0.39, 0.29) is 26.8 Å². The summed E-state index contributed by atoms with van der Waals surface area (Å²) in [6, 6.07) is 10.4. The lowest BCUT2D eigenvalue weighted by molar-refractivity contribution is -0.137. The van der Waals surface area contributed by atoms with Crippen LogP contribution in [0.4, 0.5) is 18.9 Å². The first-order valence-electron chi connectivity index (χ1n) is 7.79. The second-order valence-electron chi connectivity index (χ2n) is 5.87. The molecule has 0 bridgehead atoms. The zero-order chi connectivity index (χ0) is 20.5. The van der Waals surface area contributed by atoms with Crippen LogP contribution in [-0.4, -0.2) is 25.6 Å². The van der Waals surface area contributed by atoms with E-state index in [9.17, 15) is 26.4 Å². The predicted molar refractivity (Wildman–Crippen MR) is 100 cm³/mol. The average Bonchev–Trinajstić information content (AvgIpc) is 3.11. The van der Waals surface area contributed by atoms with E-state index < -0.39 is 27.5 Å².